The van der Waals surface area contributed by atoms with Gasteiger partial charge < -0.3 is 10.4 Å². The van der Waals surface area contributed by atoms with Crippen LogP contribution in [-0.4, -0.2) is 73.2 Å². The van der Waals surface area contributed by atoms with Gasteiger partial charge in [0.15, 0.2) is 0 Å². The maximum atomic E-state index is 11.5. The number of carbonyl (C=O) groups is 1. The molecule has 0 unspecified atom stereocenters. The van der Waals surface area contributed by atoms with Crippen LogP contribution in [0.5, 0.6) is 0 Å². The van der Waals surface area contributed by atoms with Crippen molar-refractivity contribution in [3.05, 3.63) is 0 Å². The van der Waals surface area contributed by atoms with E-state index in [-0.39, 0.29) is 12.5 Å². The van der Waals surface area contributed by atoms with Crippen LogP contribution in [0, 0.1) is 12.3 Å². The molecule has 2 N–H and O–H groups in total. The Morgan fingerprint density at radius 3 is 2.71 bits per heavy atom. The predicted molar refractivity (Wildman–Crippen MR) is 66.4 cm³/mol. The fourth-order valence-electron chi connectivity index (χ4n) is 1.96. The van der Waals surface area contributed by atoms with E-state index in [4.69, 9.17) is 11.5 Å². The number of nitrogens with one attached hydrogen (secondary N) is 1. The lowest BCUT2D eigenvalue weighted by Gasteiger charge is -2.20. The summed E-state index contributed by atoms with van der Waals surface area (Å²) >= 11 is 0. The average molecular weight is 239 g/mol. The molecule has 1 aliphatic heterocycles. The first-order valence-corrected chi connectivity index (χ1v) is 6.02. The molecule has 5 heteroatoms. The zero-order valence-electron chi connectivity index (χ0n) is 10.2. The third kappa shape index (κ3) is 5.68. The molecule has 1 fully saturated rings. The number of hydrogen-bond acceptors (Lipinski definition) is 4. The second-order valence-electron chi connectivity index (χ2n) is 4.18. The molecule has 96 valence electrons. The number of nitrogens with zero attached hydrogens (tertiary/aromatic N) is 2. The Hall–Kier alpha value is -1.09. The van der Waals surface area contributed by atoms with Gasteiger partial charge in [-0.2, -0.15) is 0 Å². The Morgan fingerprint density at radius 2 is 2.00 bits per heavy atom. The number of rotatable bonds is 5. The van der Waals surface area contributed by atoms with Gasteiger partial charge in [-0.3, -0.25) is 14.6 Å². The van der Waals surface area contributed by atoms with Gasteiger partial charge in [-0.15, -0.1) is 6.42 Å². The van der Waals surface area contributed by atoms with Crippen molar-refractivity contribution < 1.29 is 9.90 Å². The SMILES string of the molecule is C#CCNC(=O)CN1CCCN(CCO)CC1. The molecular formula is C12H21N3O2. The molecule has 1 saturated heterocycles. The van der Waals surface area contributed by atoms with Gasteiger partial charge in [0.1, 0.15) is 0 Å². The summed E-state index contributed by atoms with van der Waals surface area (Å²) in [6, 6.07) is 0. The number of carbonyl (C=O) groups excluding carboxylic acids is 1. The monoisotopic (exact) mass is 239 g/mol. The van der Waals surface area contributed by atoms with Gasteiger partial charge in [0.2, 0.25) is 5.91 Å². The van der Waals surface area contributed by atoms with E-state index in [0.717, 1.165) is 39.1 Å². The van der Waals surface area contributed by atoms with Crippen molar-refractivity contribution in [3.8, 4) is 12.3 Å². The standard InChI is InChI=1S/C12H21N3O2/c1-2-4-13-12(17)11-15-6-3-5-14(7-8-15)9-10-16/h1,16H,3-11H2,(H,13,17). The third-order valence-electron chi connectivity index (χ3n) is 2.85. The Balaban J connectivity index is 2.26. The summed E-state index contributed by atoms with van der Waals surface area (Å²) in [4.78, 5) is 15.8. The van der Waals surface area contributed by atoms with Crippen molar-refractivity contribution in [1.82, 2.24) is 15.1 Å². The fourth-order valence-corrected chi connectivity index (χ4v) is 1.96. The van der Waals surface area contributed by atoms with E-state index in [1.165, 1.54) is 0 Å². The highest BCUT2D eigenvalue weighted by atomic mass is 16.3. The molecule has 0 aliphatic carbocycles. The highest BCUT2D eigenvalue weighted by Crippen LogP contribution is 2.02. The van der Waals surface area contributed by atoms with Crippen LogP contribution in [0.25, 0.3) is 0 Å². The molecule has 0 atom stereocenters. The molecule has 0 bridgehead atoms. The first-order chi connectivity index (χ1) is 8.26. The zero-order valence-corrected chi connectivity index (χ0v) is 10.2. The van der Waals surface area contributed by atoms with E-state index in [1.54, 1.807) is 0 Å². The second kappa shape index (κ2) is 8.07. The number of hydrogen-bond donors (Lipinski definition) is 2. The fraction of sp³-hybridized carbons (Fsp3) is 0.750. The minimum Gasteiger partial charge on any atom is -0.395 e. The molecule has 1 aliphatic rings. The number of aliphatic hydroxyl groups excluding tert-OH is 1. The van der Waals surface area contributed by atoms with Crippen molar-refractivity contribution in [2.24, 2.45) is 0 Å². The number of β-amino-alcohol motifs (C(OH)–C–C–N with tert-alkyl or cyclic N) is 1. The van der Waals surface area contributed by atoms with Crippen LogP contribution in [0.15, 0.2) is 0 Å². The molecular weight excluding hydrogens is 218 g/mol. The molecule has 0 aromatic heterocycles. The number of amides is 1. The molecule has 1 rings (SSSR count). The van der Waals surface area contributed by atoms with E-state index < -0.39 is 0 Å². The summed E-state index contributed by atoms with van der Waals surface area (Å²) < 4.78 is 0. The Kier molecular flexibility index (Phi) is 6.63. The quantitative estimate of drug-likeness (QED) is 0.588. The molecule has 1 heterocycles. The summed E-state index contributed by atoms with van der Waals surface area (Å²) in [6.45, 7) is 5.30. The van der Waals surface area contributed by atoms with Crippen molar-refractivity contribution in [2.45, 2.75) is 6.42 Å². The predicted octanol–water partition coefficient (Wildman–Crippen LogP) is -1.26. The Morgan fingerprint density at radius 1 is 1.29 bits per heavy atom. The summed E-state index contributed by atoms with van der Waals surface area (Å²) in [6.07, 6.45) is 6.11. The van der Waals surface area contributed by atoms with Gasteiger partial charge in [0.25, 0.3) is 0 Å². The molecule has 0 saturated carbocycles. The average Bonchev–Trinajstić information content (AvgIpc) is 2.53. The van der Waals surface area contributed by atoms with Crippen LogP contribution in [0.3, 0.4) is 0 Å². The topological polar surface area (TPSA) is 55.8 Å². The molecule has 0 aromatic rings. The van der Waals surface area contributed by atoms with Gasteiger partial charge in [-0.05, 0) is 19.5 Å². The normalized spacial score (nSPS) is 18.4. The first kappa shape index (κ1) is 14.0. The highest BCUT2D eigenvalue weighted by molar-refractivity contribution is 5.78. The Bertz CT molecular complexity index is 275. The number of aliphatic hydroxyl groups is 1. The molecule has 5 nitrogen and oxygen atoms in total. The van der Waals surface area contributed by atoms with Crippen LogP contribution in [0.4, 0.5) is 0 Å². The molecule has 0 spiro atoms. The third-order valence-corrected chi connectivity index (χ3v) is 2.85. The van der Waals surface area contributed by atoms with Crippen molar-refractivity contribution in [3.63, 3.8) is 0 Å². The maximum Gasteiger partial charge on any atom is 0.234 e. The Labute approximate surface area is 103 Å². The first-order valence-electron chi connectivity index (χ1n) is 6.02. The minimum absolute atomic E-state index is 0.0152. The summed E-state index contributed by atoms with van der Waals surface area (Å²) in [5, 5.41) is 11.5. The largest absolute Gasteiger partial charge is 0.395 e. The minimum atomic E-state index is -0.0152. The zero-order chi connectivity index (χ0) is 12.5. The van der Waals surface area contributed by atoms with Crippen LogP contribution in [0.2, 0.25) is 0 Å². The molecule has 17 heavy (non-hydrogen) atoms. The van der Waals surface area contributed by atoms with Gasteiger partial charge in [0.05, 0.1) is 19.7 Å². The molecule has 0 aromatic carbocycles. The van der Waals surface area contributed by atoms with Gasteiger partial charge >= 0.3 is 0 Å². The van der Waals surface area contributed by atoms with Crippen LogP contribution in [-0.2, 0) is 4.79 Å². The van der Waals surface area contributed by atoms with Crippen molar-refractivity contribution in [2.75, 3.05) is 52.4 Å². The summed E-state index contributed by atoms with van der Waals surface area (Å²) in [7, 11) is 0. The lowest BCUT2D eigenvalue weighted by Crippen LogP contribution is -2.39. The van der Waals surface area contributed by atoms with E-state index >= 15 is 0 Å². The van der Waals surface area contributed by atoms with E-state index in [0.29, 0.717) is 13.1 Å². The molecule has 0 radical (unpaired) electrons. The lowest BCUT2D eigenvalue weighted by atomic mass is 10.3. The van der Waals surface area contributed by atoms with Crippen LogP contribution in [0.1, 0.15) is 6.42 Å². The van der Waals surface area contributed by atoms with Gasteiger partial charge in [0, 0.05) is 19.6 Å². The van der Waals surface area contributed by atoms with Crippen molar-refractivity contribution in [1.29, 1.82) is 0 Å². The van der Waals surface area contributed by atoms with Crippen LogP contribution < -0.4 is 5.32 Å². The lowest BCUT2D eigenvalue weighted by molar-refractivity contribution is -0.121. The second-order valence-corrected chi connectivity index (χ2v) is 4.18. The van der Waals surface area contributed by atoms with Crippen molar-refractivity contribution >= 4 is 5.91 Å². The maximum absolute atomic E-state index is 11.5. The van der Waals surface area contributed by atoms with E-state index in [9.17, 15) is 4.79 Å². The summed E-state index contributed by atoms with van der Waals surface area (Å²) in [5.74, 6) is 2.37. The number of terminal acetylenes is 1. The van der Waals surface area contributed by atoms with E-state index in [1.807, 2.05) is 0 Å². The molecule has 1 amide bonds. The van der Waals surface area contributed by atoms with Gasteiger partial charge in [-0.1, -0.05) is 5.92 Å². The highest BCUT2D eigenvalue weighted by Gasteiger charge is 2.16. The van der Waals surface area contributed by atoms with Gasteiger partial charge in [-0.25, -0.2) is 0 Å². The van der Waals surface area contributed by atoms with E-state index in [2.05, 4.69) is 21.0 Å². The smallest absolute Gasteiger partial charge is 0.234 e. The summed E-state index contributed by atoms with van der Waals surface area (Å²) in [5.41, 5.74) is 0. The van der Waals surface area contributed by atoms with Crippen LogP contribution >= 0.6 is 0 Å².